The van der Waals surface area contributed by atoms with E-state index in [9.17, 15) is 9.59 Å². The summed E-state index contributed by atoms with van der Waals surface area (Å²) in [6.45, 7) is 5.50. The van der Waals surface area contributed by atoms with E-state index in [0.717, 1.165) is 16.3 Å². The number of esters is 1. The molecule has 1 atom stereocenters. The van der Waals surface area contributed by atoms with Crippen LogP contribution in [-0.4, -0.2) is 35.2 Å². The van der Waals surface area contributed by atoms with E-state index in [-0.39, 0.29) is 19.1 Å². The Balaban J connectivity index is 1.58. The highest BCUT2D eigenvalue weighted by molar-refractivity contribution is 8.16. The Hall–Kier alpha value is -3.23. The summed E-state index contributed by atoms with van der Waals surface area (Å²) in [5, 5.41) is 6.04. The molecule has 7 nitrogen and oxygen atoms in total. The lowest BCUT2D eigenvalue weighted by Crippen LogP contribution is -2.34. The number of amides is 1. The van der Waals surface area contributed by atoms with Gasteiger partial charge in [-0.3, -0.25) is 4.79 Å². The van der Waals surface area contributed by atoms with Gasteiger partial charge in [-0.05, 0) is 49.9 Å². The molecule has 2 aliphatic heterocycles. The summed E-state index contributed by atoms with van der Waals surface area (Å²) in [5.41, 5.74) is 3.28. The molecule has 0 radical (unpaired) electrons. The second-order valence-electron chi connectivity index (χ2n) is 7.67. The predicted octanol–water partition coefficient (Wildman–Crippen LogP) is 5.43. The summed E-state index contributed by atoms with van der Waals surface area (Å²) in [4.78, 5) is 31.9. The van der Waals surface area contributed by atoms with Crippen LogP contribution in [0.4, 0.5) is 5.69 Å². The number of aryl methyl sites for hydroxylation is 1. The first-order valence-electron chi connectivity index (χ1n) is 10.7. The van der Waals surface area contributed by atoms with Crippen LogP contribution in [0.1, 0.15) is 31.0 Å². The number of allylic oxidation sites excluding steroid dienone is 1. The maximum absolute atomic E-state index is 12.9. The molecule has 34 heavy (non-hydrogen) atoms. The molecule has 0 saturated carbocycles. The number of fused-ring (bicyclic) bond motifs is 1. The van der Waals surface area contributed by atoms with Gasteiger partial charge in [0.25, 0.3) is 5.91 Å². The van der Waals surface area contributed by atoms with Crippen LogP contribution < -0.4 is 10.1 Å². The third-order valence-electron chi connectivity index (χ3n) is 5.34. The number of aliphatic imine (C=N–C) groups is 1. The largest absolute Gasteiger partial charge is 0.483 e. The number of rotatable bonds is 7. The lowest BCUT2D eigenvalue weighted by Gasteiger charge is -2.34. The normalized spacial score (nSPS) is 16.8. The quantitative estimate of drug-likeness (QED) is 0.513. The number of benzene rings is 2. The summed E-state index contributed by atoms with van der Waals surface area (Å²) >= 11 is 7.62. The van der Waals surface area contributed by atoms with Gasteiger partial charge in [-0.25, -0.2) is 9.79 Å². The predicted molar refractivity (Wildman–Crippen MR) is 135 cm³/mol. The average Bonchev–Trinajstić information content (AvgIpc) is 3.27. The highest BCUT2D eigenvalue weighted by atomic mass is 35.5. The van der Waals surface area contributed by atoms with Gasteiger partial charge >= 0.3 is 5.97 Å². The Labute approximate surface area is 207 Å². The first-order chi connectivity index (χ1) is 16.4. The van der Waals surface area contributed by atoms with Crippen molar-refractivity contribution in [1.29, 1.82) is 0 Å². The smallest absolute Gasteiger partial charge is 0.338 e. The fourth-order valence-electron chi connectivity index (χ4n) is 3.73. The standard InChI is InChI=1S/C25H24ClN3O4S/c1-4-32-24(31)22-16(3)27-25-29(11-12-34-25)23(22)18-7-5-6-8-20(18)33-14-21(30)28-17-10-9-15(2)19(26)13-17/h5-13,23H,4,14H2,1-3H3,(H,28,30)/t23-/m1/s1. The molecule has 1 N–H and O–H groups in total. The Morgan fingerprint density at radius 3 is 2.76 bits per heavy atom. The number of thioether (sulfide) groups is 1. The Morgan fingerprint density at radius 2 is 2.00 bits per heavy atom. The van der Waals surface area contributed by atoms with Crippen LogP contribution in [0.5, 0.6) is 5.75 Å². The molecule has 1 amide bonds. The SMILES string of the molecule is CCOC(=O)C1=C(C)N=C2SC=CN2[C@@H]1c1ccccc1OCC(=O)Nc1ccc(C)c(Cl)c1. The van der Waals surface area contributed by atoms with Crippen molar-refractivity contribution in [2.45, 2.75) is 26.8 Å². The monoisotopic (exact) mass is 497 g/mol. The number of ether oxygens (including phenoxy) is 2. The van der Waals surface area contributed by atoms with E-state index < -0.39 is 12.0 Å². The van der Waals surface area contributed by atoms with Gasteiger partial charge in [0.15, 0.2) is 11.8 Å². The molecule has 2 aromatic carbocycles. The zero-order chi connectivity index (χ0) is 24.2. The second kappa shape index (κ2) is 10.4. The van der Waals surface area contributed by atoms with Gasteiger partial charge in [0, 0.05) is 22.5 Å². The summed E-state index contributed by atoms with van der Waals surface area (Å²) < 4.78 is 11.3. The average molecular weight is 498 g/mol. The van der Waals surface area contributed by atoms with Crippen molar-refractivity contribution in [3.63, 3.8) is 0 Å². The van der Waals surface area contributed by atoms with Crippen molar-refractivity contribution >= 4 is 46.1 Å². The van der Waals surface area contributed by atoms with E-state index in [1.807, 2.05) is 47.7 Å². The molecule has 4 rings (SSSR count). The fourth-order valence-corrected chi connectivity index (χ4v) is 4.70. The number of carbonyl (C=O) groups is 2. The third kappa shape index (κ3) is 4.98. The zero-order valence-corrected chi connectivity index (χ0v) is 20.6. The van der Waals surface area contributed by atoms with Crippen LogP contribution in [0.2, 0.25) is 5.02 Å². The summed E-state index contributed by atoms with van der Waals surface area (Å²) in [5.74, 6) is -0.262. The summed E-state index contributed by atoms with van der Waals surface area (Å²) in [6.07, 6.45) is 1.88. The van der Waals surface area contributed by atoms with Crippen molar-refractivity contribution in [2.24, 2.45) is 4.99 Å². The number of anilines is 1. The maximum atomic E-state index is 12.9. The van der Waals surface area contributed by atoms with Gasteiger partial charge in [0.2, 0.25) is 0 Å². The number of hydrogen-bond donors (Lipinski definition) is 1. The molecular weight excluding hydrogens is 474 g/mol. The maximum Gasteiger partial charge on any atom is 0.338 e. The first-order valence-corrected chi connectivity index (χ1v) is 12.0. The molecule has 176 valence electrons. The summed E-state index contributed by atoms with van der Waals surface area (Å²) in [7, 11) is 0. The number of para-hydroxylation sites is 1. The number of halogens is 1. The van der Waals surface area contributed by atoms with Crippen molar-refractivity contribution < 1.29 is 19.1 Å². The van der Waals surface area contributed by atoms with E-state index in [4.69, 9.17) is 21.1 Å². The van der Waals surface area contributed by atoms with Crippen LogP contribution >= 0.6 is 23.4 Å². The molecule has 0 aliphatic carbocycles. The minimum absolute atomic E-state index is 0.210. The van der Waals surface area contributed by atoms with Gasteiger partial charge in [-0.2, -0.15) is 0 Å². The lowest BCUT2D eigenvalue weighted by molar-refractivity contribution is -0.139. The van der Waals surface area contributed by atoms with Crippen LogP contribution in [0.25, 0.3) is 0 Å². The Kier molecular flexibility index (Phi) is 7.29. The number of nitrogens with one attached hydrogen (secondary N) is 1. The van der Waals surface area contributed by atoms with E-state index in [1.54, 1.807) is 32.0 Å². The molecule has 0 saturated heterocycles. The third-order valence-corrected chi connectivity index (χ3v) is 6.52. The van der Waals surface area contributed by atoms with Crippen LogP contribution in [-0.2, 0) is 14.3 Å². The van der Waals surface area contributed by atoms with E-state index in [2.05, 4.69) is 10.3 Å². The van der Waals surface area contributed by atoms with Crippen LogP contribution in [0, 0.1) is 6.92 Å². The molecule has 2 aromatic rings. The number of hydrogen-bond acceptors (Lipinski definition) is 7. The number of carbonyl (C=O) groups excluding carboxylic acids is 2. The van der Waals surface area contributed by atoms with Crippen molar-refractivity contribution in [3.05, 3.63) is 81.5 Å². The van der Waals surface area contributed by atoms with Crippen LogP contribution in [0.3, 0.4) is 0 Å². The van der Waals surface area contributed by atoms with Gasteiger partial charge in [0.05, 0.1) is 23.9 Å². The summed E-state index contributed by atoms with van der Waals surface area (Å²) in [6, 6.07) is 12.2. The molecule has 9 heteroatoms. The van der Waals surface area contributed by atoms with Gasteiger partial charge in [0.1, 0.15) is 5.75 Å². The topological polar surface area (TPSA) is 80.2 Å². The molecule has 0 bridgehead atoms. The molecule has 0 unspecified atom stereocenters. The molecule has 0 spiro atoms. The second-order valence-corrected chi connectivity index (χ2v) is 8.95. The lowest BCUT2D eigenvalue weighted by atomic mass is 9.94. The molecule has 0 aromatic heterocycles. The van der Waals surface area contributed by atoms with Gasteiger partial charge < -0.3 is 19.7 Å². The molecular formula is C25H24ClN3O4S. The number of nitrogens with zero attached hydrogens (tertiary/aromatic N) is 2. The Morgan fingerprint density at radius 1 is 1.21 bits per heavy atom. The van der Waals surface area contributed by atoms with E-state index in [1.165, 1.54) is 11.8 Å². The Bertz CT molecular complexity index is 1220. The van der Waals surface area contributed by atoms with Gasteiger partial charge in [-0.15, -0.1) is 0 Å². The van der Waals surface area contributed by atoms with Gasteiger partial charge in [-0.1, -0.05) is 47.6 Å². The van der Waals surface area contributed by atoms with E-state index in [0.29, 0.717) is 27.7 Å². The minimum atomic E-state index is -0.493. The fraction of sp³-hybridized carbons (Fsp3) is 0.240. The van der Waals surface area contributed by atoms with Crippen molar-refractivity contribution in [1.82, 2.24) is 4.90 Å². The van der Waals surface area contributed by atoms with E-state index >= 15 is 0 Å². The number of amidine groups is 1. The molecule has 0 fully saturated rings. The van der Waals surface area contributed by atoms with Crippen molar-refractivity contribution in [2.75, 3.05) is 18.5 Å². The first kappa shape index (κ1) is 23.9. The van der Waals surface area contributed by atoms with Crippen LogP contribution in [0.15, 0.2) is 70.3 Å². The molecule has 2 aliphatic rings. The minimum Gasteiger partial charge on any atom is -0.483 e. The highest BCUT2D eigenvalue weighted by Crippen LogP contribution is 2.43. The molecule has 2 heterocycles. The highest BCUT2D eigenvalue weighted by Gasteiger charge is 2.38. The van der Waals surface area contributed by atoms with Crippen molar-refractivity contribution in [3.8, 4) is 5.75 Å². The zero-order valence-electron chi connectivity index (χ0n) is 19.0.